The van der Waals surface area contributed by atoms with Crippen LogP contribution in [0.4, 0.5) is 22.9 Å². The maximum Gasteiger partial charge on any atom is 0.259 e. The van der Waals surface area contributed by atoms with E-state index in [1.54, 1.807) is 48.7 Å². The number of pyridine rings is 1. The van der Waals surface area contributed by atoms with Crippen molar-refractivity contribution in [2.24, 2.45) is 0 Å². The summed E-state index contributed by atoms with van der Waals surface area (Å²) in [5.41, 5.74) is 7.61. The quantitative estimate of drug-likeness (QED) is 0.450. The van der Waals surface area contributed by atoms with E-state index < -0.39 is 29.4 Å². The Balaban J connectivity index is 1.33. The van der Waals surface area contributed by atoms with Crippen LogP contribution in [0.2, 0.25) is 0 Å². The molecule has 10 nitrogen and oxygen atoms in total. The Hall–Kier alpha value is -4.02. The van der Waals surface area contributed by atoms with Gasteiger partial charge in [0, 0.05) is 35.2 Å². The van der Waals surface area contributed by atoms with Gasteiger partial charge in [-0.2, -0.15) is 0 Å². The van der Waals surface area contributed by atoms with E-state index in [1.807, 2.05) is 13.8 Å². The molecule has 0 bridgehead atoms. The summed E-state index contributed by atoms with van der Waals surface area (Å²) >= 11 is 0. The molecule has 2 atom stereocenters. The van der Waals surface area contributed by atoms with E-state index in [9.17, 15) is 19.5 Å². The molecule has 10 heteroatoms. The molecule has 5 N–H and O–H groups in total. The highest BCUT2D eigenvalue weighted by molar-refractivity contribution is 6.08. The molecule has 180 valence electrons. The zero-order valence-corrected chi connectivity index (χ0v) is 19.2. The number of hydrogen-bond donors (Lipinski definition) is 4. The number of aliphatic hydroxyl groups excluding tert-OH is 1. The number of nitrogens with zero attached hydrogens (tertiary/aromatic N) is 2. The van der Waals surface area contributed by atoms with Gasteiger partial charge in [-0.3, -0.25) is 14.4 Å². The third-order valence-electron chi connectivity index (χ3n) is 6.54. The smallest absolute Gasteiger partial charge is 0.259 e. The summed E-state index contributed by atoms with van der Waals surface area (Å²) < 4.78 is 5.51. The summed E-state index contributed by atoms with van der Waals surface area (Å²) in [7, 11) is 0. The maximum absolute atomic E-state index is 13.2. The fourth-order valence-corrected chi connectivity index (χ4v) is 4.45. The van der Waals surface area contributed by atoms with Crippen LogP contribution in [-0.2, 0) is 24.5 Å². The van der Waals surface area contributed by atoms with Gasteiger partial charge in [-0.1, -0.05) is 0 Å². The molecule has 1 aromatic heterocycles. The average Bonchev–Trinajstić information content (AvgIpc) is 3.06. The monoisotopic (exact) mass is 475 g/mol. The lowest BCUT2D eigenvalue weighted by atomic mass is 9.86. The number of hydrogen-bond acceptors (Lipinski definition) is 7. The third-order valence-corrected chi connectivity index (χ3v) is 6.54. The summed E-state index contributed by atoms with van der Waals surface area (Å²) in [6, 6.07) is 12.1. The van der Waals surface area contributed by atoms with Gasteiger partial charge >= 0.3 is 0 Å². The van der Waals surface area contributed by atoms with Crippen LogP contribution in [0.1, 0.15) is 19.4 Å². The standard InChI is InChI=1S/C25H25N5O5/c1-25(2)17-12-15(4-6-18(17)29-24(25)34)30-9-10-35-20(23(30)33)19(31)22(32)28-14-3-5-16-13(11-14)7-8-27-21(16)26/h3-8,11-12,19-20,31H,9-10H2,1-2H3,(H2,26,27)(H,28,32)(H,29,34)/t19-,20-/m1/s1. The average molecular weight is 476 g/mol. The number of anilines is 4. The second kappa shape index (κ2) is 8.33. The molecule has 35 heavy (non-hydrogen) atoms. The summed E-state index contributed by atoms with van der Waals surface area (Å²) in [5.74, 6) is -1.05. The minimum atomic E-state index is -1.72. The predicted molar refractivity (Wildman–Crippen MR) is 131 cm³/mol. The minimum absolute atomic E-state index is 0.115. The number of nitrogens with one attached hydrogen (secondary N) is 2. The number of ether oxygens (including phenoxy) is 1. The summed E-state index contributed by atoms with van der Waals surface area (Å²) in [4.78, 5) is 43.8. The Kier molecular flexibility index (Phi) is 5.42. The van der Waals surface area contributed by atoms with Gasteiger partial charge in [0.1, 0.15) is 5.82 Å². The van der Waals surface area contributed by atoms with Gasteiger partial charge in [-0.15, -0.1) is 0 Å². The van der Waals surface area contributed by atoms with Gasteiger partial charge < -0.3 is 31.1 Å². The van der Waals surface area contributed by atoms with Crippen molar-refractivity contribution in [1.82, 2.24) is 4.98 Å². The molecule has 0 saturated carbocycles. The molecule has 0 aliphatic carbocycles. The van der Waals surface area contributed by atoms with Gasteiger partial charge in [-0.25, -0.2) is 4.98 Å². The van der Waals surface area contributed by atoms with Crippen molar-refractivity contribution in [3.8, 4) is 0 Å². The van der Waals surface area contributed by atoms with Crippen LogP contribution in [-0.4, -0.2) is 53.2 Å². The third kappa shape index (κ3) is 3.86. The summed E-state index contributed by atoms with van der Waals surface area (Å²) in [6.45, 7) is 4.02. The van der Waals surface area contributed by atoms with Crippen LogP contribution in [0.3, 0.4) is 0 Å². The molecule has 3 aromatic rings. The molecular formula is C25H25N5O5. The van der Waals surface area contributed by atoms with Crippen LogP contribution >= 0.6 is 0 Å². The van der Waals surface area contributed by atoms with Crippen molar-refractivity contribution in [3.63, 3.8) is 0 Å². The highest BCUT2D eigenvalue weighted by atomic mass is 16.5. The number of benzene rings is 2. The van der Waals surface area contributed by atoms with E-state index >= 15 is 0 Å². The molecule has 2 aromatic carbocycles. The van der Waals surface area contributed by atoms with Gasteiger partial charge in [0.25, 0.3) is 11.8 Å². The first-order chi connectivity index (χ1) is 16.7. The molecule has 2 aliphatic rings. The van der Waals surface area contributed by atoms with Crippen LogP contribution in [0.5, 0.6) is 0 Å². The van der Waals surface area contributed by atoms with Crippen LogP contribution in [0, 0.1) is 0 Å². The SMILES string of the molecule is CC1(C)C(=O)Nc2ccc(N3CCO[C@H]([C@@H](O)C(=O)Nc4ccc5c(N)nccc5c4)C3=O)cc21. The first-order valence-corrected chi connectivity index (χ1v) is 11.2. The van der Waals surface area contributed by atoms with Gasteiger partial charge in [0.2, 0.25) is 5.91 Å². The summed E-state index contributed by atoms with van der Waals surface area (Å²) in [6.07, 6.45) is -1.53. The van der Waals surface area contributed by atoms with Crippen molar-refractivity contribution in [2.45, 2.75) is 31.5 Å². The summed E-state index contributed by atoms with van der Waals surface area (Å²) in [5, 5.41) is 17.7. The normalized spacial score (nSPS) is 19.9. The molecule has 0 spiro atoms. The molecule has 0 radical (unpaired) electrons. The van der Waals surface area contributed by atoms with E-state index in [1.165, 1.54) is 4.90 Å². The van der Waals surface area contributed by atoms with Crippen molar-refractivity contribution in [1.29, 1.82) is 0 Å². The Labute approximate surface area is 201 Å². The molecule has 1 saturated heterocycles. The zero-order valence-electron chi connectivity index (χ0n) is 19.2. The molecule has 0 unspecified atom stereocenters. The van der Waals surface area contributed by atoms with Crippen molar-refractivity contribution in [3.05, 3.63) is 54.2 Å². The highest BCUT2D eigenvalue weighted by Crippen LogP contribution is 2.39. The van der Waals surface area contributed by atoms with Gasteiger partial charge in [-0.05, 0) is 67.3 Å². The molecular weight excluding hydrogens is 450 g/mol. The Bertz CT molecular complexity index is 1370. The molecule has 3 heterocycles. The fraction of sp³-hybridized carbons (Fsp3) is 0.280. The predicted octanol–water partition coefficient (Wildman–Crippen LogP) is 1.78. The van der Waals surface area contributed by atoms with Gasteiger partial charge in [0.05, 0.1) is 12.0 Å². The number of aliphatic hydroxyl groups is 1. The second-order valence-electron chi connectivity index (χ2n) is 9.16. The second-order valence-corrected chi connectivity index (χ2v) is 9.16. The lowest BCUT2D eigenvalue weighted by molar-refractivity contribution is -0.150. The topological polar surface area (TPSA) is 147 Å². The lowest BCUT2D eigenvalue weighted by Gasteiger charge is -2.34. The van der Waals surface area contributed by atoms with E-state index in [0.717, 1.165) is 16.3 Å². The number of nitrogens with two attached hydrogens (primary N) is 1. The number of morpholine rings is 1. The van der Waals surface area contributed by atoms with Crippen molar-refractivity contribution >= 4 is 51.4 Å². The van der Waals surface area contributed by atoms with Crippen LogP contribution in [0.15, 0.2) is 48.7 Å². The van der Waals surface area contributed by atoms with E-state index in [4.69, 9.17) is 10.5 Å². The molecule has 2 aliphatic heterocycles. The van der Waals surface area contributed by atoms with Crippen molar-refractivity contribution in [2.75, 3.05) is 34.4 Å². The lowest BCUT2D eigenvalue weighted by Crippen LogP contribution is -2.55. The number of aromatic nitrogens is 1. The number of amides is 3. The molecule has 1 fully saturated rings. The largest absolute Gasteiger partial charge is 0.383 e. The minimum Gasteiger partial charge on any atom is -0.383 e. The molecule has 3 amide bonds. The fourth-order valence-electron chi connectivity index (χ4n) is 4.45. The molecule has 5 rings (SSSR count). The number of carbonyl (C=O) groups is 3. The Morgan fingerprint density at radius 2 is 2.06 bits per heavy atom. The zero-order chi connectivity index (χ0) is 24.9. The Morgan fingerprint density at radius 1 is 1.26 bits per heavy atom. The number of nitrogen functional groups attached to an aromatic ring is 1. The van der Waals surface area contributed by atoms with Crippen LogP contribution in [0.25, 0.3) is 10.8 Å². The van der Waals surface area contributed by atoms with Crippen LogP contribution < -0.4 is 21.3 Å². The number of rotatable bonds is 4. The first kappa shape index (κ1) is 22.8. The Morgan fingerprint density at radius 3 is 2.86 bits per heavy atom. The van der Waals surface area contributed by atoms with E-state index in [-0.39, 0.29) is 19.1 Å². The first-order valence-electron chi connectivity index (χ1n) is 11.2. The van der Waals surface area contributed by atoms with Crippen molar-refractivity contribution < 1.29 is 24.2 Å². The maximum atomic E-state index is 13.2. The number of carbonyl (C=O) groups excluding carboxylic acids is 3. The van der Waals surface area contributed by atoms with Gasteiger partial charge in [0.15, 0.2) is 12.2 Å². The van der Waals surface area contributed by atoms with E-state index in [0.29, 0.717) is 22.9 Å². The highest BCUT2D eigenvalue weighted by Gasteiger charge is 2.42. The number of fused-ring (bicyclic) bond motifs is 2. The van der Waals surface area contributed by atoms with E-state index in [2.05, 4.69) is 15.6 Å².